The number of benzene rings is 18. The van der Waals surface area contributed by atoms with E-state index in [9.17, 15) is 0 Å². The van der Waals surface area contributed by atoms with Gasteiger partial charge in [-0.1, -0.05) is 327 Å². The van der Waals surface area contributed by atoms with E-state index in [0.717, 1.165) is 50.4 Å². The fourth-order valence-electron chi connectivity index (χ4n) is 23.8. The molecule has 23 aromatic rings. The summed E-state index contributed by atoms with van der Waals surface area (Å²) in [6, 6.07) is 141. The molecule has 0 saturated heterocycles. The summed E-state index contributed by atoms with van der Waals surface area (Å²) in [4.78, 5) is 7.19. The van der Waals surface area contributed by atoms with Crippen LogP contribution in [0.3, 0.4) is 0 Å². The van der Waals surface area contributed by atoms with Gasteiger partial charge < -0.3 is 19.1 Å². The highest BCUT2D eigenvalue weighted by atomic mass is 32.1. The number of nitrogens with zero attached hydrogens (tertiary/aromatic N) is 3. The first-order chi connectivity index (χ1) is 66.2. The van der Waals surface area contributed by atoms with Crippen molar-refractivity contribution in [1.29, 1.82) is 0 Å². The van der Waals surface area contributed by atoms with E-state index in [0.29, 0.717) is 0 Å². The summed E-state index contributed by atoms with van der Waals surface area (Å²) in [5, 5.41) is 12.9. The molecule has 8 heteroatoms. The molecule has 0 bridgehead atoms. The zero-order valence-corrected chi connectivity index (χ0v) is 83.0. The van der Waals surface area contributed by atoms with E-state index in [-0.39, 0.29) is 37.9 Å². The molecule has 0 fully saturated rings. The monoisotopic (exact) mass is 1840 g/mol. The lowest BCUT2D eigenvalue weighted by molar-refractivity contribution is 0.301. The number of para-hydroxylation sites is 4. The second-order valence-corrected chi connectivity index (χ2v) is 46.0. The van der Waals surface area contributed by atoms with Gasteiger partial charge in [0.2, 0.25) is 0 Å². The van der Waals surface area contributed by atoms with E-state index < -0.39 is 0 Å². The number of fused-ring (bicyclic) bond motifs is 30. The van der Waals surface area contributed by atoms with E-state index >= 15 is 0 Å². The van der Waals surface area contributed by atoms with Crippen molar-refractivity contribution < 1.29 is 4.42 Å². The smallest absolute Gasteiger partial charge is 0.137 e. The average molecular weight is 1840 g/mol. The SMILES string of the molecule is CC1(C)c2ccccc2-c2ccc(N(c3ccccc3)c3ccc4sc5c6c(ccc5c4c3)-c3ccccc3C(C)(C)C6(C)C)cc21.CC1(C)c2ccccc2-c2ccc3c(sc4ccc(N(c5ccccc5)c5ccc6c(c5)oc5ccccc56)cc43)c2C1(C)C.CC1(C)c2ccccc2-c2ccc3c(sc4ccc(N(c5ccccc5)c5ccc6sc7ccccc7c6c5)cc43)c2C1(C)C. The molecular weight excluding hydrogens is 1740 g/mol. The van der Waals surface area contributed by atoms with Crippen molar-refractivity contribution >= 4 is 199 Å². The molecular formula is C129H105N3OS4. The molecule has 0 aliphatic heterocycles. The van der Waals surface area contributed by atoms with Crippen molar-refractivity contribution in [2.24, 2.45) is 0 Å². The van der Waals surface area contributed by atoms with Crippen LogP contribution in [-0.4, -0.2) is 0 Å². The van der Waals surface area contributed by atoms with Gasteiger partial charge in [0, 0.05) is 170 Å². The van der Waals surface area contributed by atoms with E-state index in [1.165, 1.54) is 192 Å². The van der Waals surface area contributed by atoms with Crippen LogP contribution in [0.15, 0.2) is 387 Å². The van der Waals surface area contributed by atoms with Crippen LogP contribution < -0.4 is 14.7 Å². The predicted octanol–water partition coefficient (Wildman–Crippen LogP) is 38.9. The highest BCUT2D eigenvalue weighted by Crippen LogP contribution is 2.63. The molecule has 27 rings (SSSR count). The molecule has 137 heavy (non-hydrogen) atoms. The second-order valence-electron chi connectivity index (χ2n) is 41.8. The first kappa shape index (κ1) is 84.8. The molecule has 0 spiro atoms. The summed E-state index contributed by atoms with van der Waals surface area (Å²) in [5.41, 5.74) is 34.5. The Balaban J connectivity index is 0.000000109. The fourth-order valence-corrected chi connectivity index (χ4v) is 29.0. The average Bonchev–Trinajstić information content (AvgIpc) is 1.69. The molecule has 18 aromatic carbocycles. The highest BCUT2D eigenvalue weighted by Gasteiger charge is 2.51. The predicted molar refractivity (Wildman–Crippen MR) is 594 cm³/mol. The maximum atomic E-state index is 6.32. The minimum Gasteiger partial charge on any atom is -0.456 e. The summed E-state index contributed by atoms with van der Waals surface area (Å²) in [6.45, 7) is 33.9. The van der Waals surface area contributed by atoms with Crippen LogP contribution in [0.4, 0.5) is 51.2 Å². The molecule has 0 atom stereocenters. The summed E-state index contributed by atoms with van der Waals surface area (Å²) in [7, 11) is 0. The van der Waals surface area contributed by atoms with Crippen LogP contribution in [0, 0.1) is 0 Å². The zero-order chi connectivity index (χ0) is 93.3. The molecule has 0 amide bonds. The standard InChI is InChI=1S/C45H39NS.C42H33NOS.C42H33NS2/c1-43(2)37-18-12-10-16-31(37)33-22-20-30(27-39(33)43)46(28-14-8-7-9-15-28)29-21-25-40-36(26-29)35-24-23-34-32-17-11-13-19-38(32)44(3,4)45(5,6)41(34)42(35)47-40;1-41(2)35-16-10-8-14-29(35)32-21-22-33-34-24-27(19-23-38(34)45-40(33)39(32)42(41,3)4)43(26-12-6-5-7-13-26)28-18-20-31-30-15-9-11-17-36(30)44-37(31)25-28;1-41(2)35-16-10-8-14-29(35)31-20-21-32-34-25-28(19-23-38(34)45-40(32)39(31)42(41,3)4)43(26-12-6-5-7-13-26)27-18-22-37-33(24-27)30-15-9-11-17-36(30)44-37/h7-27H,1-6H3;2*5-25H,1-4H3. The number of rotatable bonds is 9. The van der Waals surface area contributed by atoms with Crippen molar-refractivity contribution in [3.05, 3.63) is 427 Å². The quantitative estimate of drug-likeness (QED) is 0.144. The summed E-state index contributed by atoms with van der Waals surface area (Å²) in [6.07, 6.45) is 0. The molecule has 0 saturated carbocycles. The molecule has 0 unspecified atom stereocenters. The maximum Gasteiger partial charge on any atom is 0.137 e. The lowest BCUT2D eigenvalue weighted by Gasteiger charge is -2.48. The number of thiophene rings is 4. The summed E-state index contributed by atoms with van der Waals surface area (Å²) < 4.78 is 17.2. The Labute approximate surface area is 817 Å². The summed E-state index contributed by atoms with van der Waals surface area (Å²) >= 11 is 7.71. The van der Waals surface area contributed by atoms with Crippen molar-refractivity contribution in [1.82, 2.24) is 0 Å². The van der Waals surface area contributed by atoms with E-state index in [2.05, 4.69) is 482 Å². The van der Waals surface area contributed by atoms with Gasteiger partial charge in [-0.05, 0) is 251 Å². The maximum absolute atomic E-state index is 6.32. The van der Waals surface area contributed by atoms with E-state index in [4.69, 9.17) is 4.42 Å². The van der Waals surface area contributed by atoms with Crippen LogP contribution >= 0.6 is 45.3 Å². The number of hydrogen-bond donors (Lipinski definition) is 0. The number of hydrogen-bond acceptors (Lipinski definition) is 8. The van der Waals surface area contributed by atoms with Crippen LogP contribution in [0.5, 0.6) is 0 Å². The normalized spacial score (nSPS) is 15.5. The molecule has 4 nitrogen and oxygen atoms in total. The number of anilines is 9. The molecule has 4 aliphatic rings. The van der Waals surface area contributed by atoms with Gasteiger partial charge in [0.05, 0.1) is 0 Å². The van der Waals surface area contributed by atoms with Crippen molar-refractivity contribution in [2.45, 2.75) is 135 Å². The molecule has 4 aliphatic carbocycles. The van der Waals surface area contributed by atoms with E-state index in [1.54, 1.807) is 0 Å². The minimum atomic E-state index is -0.0594. The Hall–Kier alpha value is -14.0. The molecule has 5 heterocycles. The Bertz CT molecular complexity index is 8900. The first-order valence-electron chi connectivity index (χ1n) is 48.2. The van der Waals surface area contributed by atoms with Crippen LogP contribution in [0.2, 0.25) is 0 Å². The largest absolute Gasteiger partial charge is 0.456 e. The van der Waals surface area contributed by atoms with Gasteiger partial charge in [0.25, 0.3) is 0 Å². The Kier molecular flexibility index (Phi) is 19.2. The van der Waals surface area contributed by atoms with Gasteiger partial charge in [-0.25, -0.2) is 0 Å². The van der Waals surface area contributed by atoms with Crippen LogP contribution in [0.25, 0.3) is 147 Å². The molecule has 0 radical (unpaired) electrons. The molecule has 0 N–H and O–H groups in total. The Morgan fingerprint density at radius 2 is 0.453 bits per heavy atom. The lowest BCUT2D eigenvalue weighted by Crippen LogP contribution is -2.43. The third-order valence-electron chi connectivity index (χ3n) is 33.0. The van der Waals surface area contributed by atoms with Crippen molar-refractivity contribution in [3.63, 3.8) is 0 Å². The van der Waals surface area contributed by atoms with E-state index in [1.807, 2.05) is 57.5 Å². The summed E-state index contributed by atoms with van der Waals surface area (Å²) in [5.74, 6) is 0. The zero-order valence-electron chi connectivity index (χ0n) is 79.8. The van der Waals surface area contributed by atoms with Crippen molar-refractivity contribution in [3.8, 4) is 44.5 Å². The lowest BCUT2D eigenvalue weighted by atomic mass is 9.55. The Morgan fingerprint density at radius 3 is 0.869 bits per heavy atom. The highest BCUT2D eigenvalue weighted by molar-refractivity contribution is 7.27. The number of furan rings is 1. The second kappa shape index (κ2) is 31.0. The van der Waals surface area contributed by atoms with Gasteiger partial charge in [-0.3, -0.25) is 0 Å². The Morgan fingerprint density at radius 1 is 0.175 bits per heavy atom. The van der Waals surface area contributed by atoms with Crippen LogP contribution in [0.1, 0.15) is 141 Å². The third kappa shape index (κ3) is 12.7. The first-order valence-corrected chi connectivity index (χ1v) is 51.4. The van der Waals surface area contributed by atoms with Crippen LogP contribution in [-0.2, 0) is 37.9 Å². The van der Waals surface area contributed by atoms with Gasteiger partial charge in [0.15, 0.2) is 0 Å². The van der Waals surface area contributed by atoms with Gasteiger partial charge in [-0.2, -0.15) is 0 Å². The minimum absolute atomic E-state index is 0.000786. The van der Waals surface area contributed by atoms with Gasteiger partial charge in [-0.15, -0.1) is 45.3 Å². The fraction of sp³-hybridized carbons (Fsp3) is 0.163. The molecule has 666 valence electrons. The molecule has 5 aromatic heterocycles. The van der Waals surface area contributed by atoms with Gasteiger partial charge in [0.1, 0.15) is 11.2 Å². The third-order valence-corrected chi connectivity index (χ3v) is 37.7. The van der Waals surface area contributed by atoms with Gasteiger partial charge >= 0.3 is 0 Å². The topological polar surface area (TPSA) is 22.9 Å². The van der Waals surface area contributed by atoms with Crippen molar-refractivity contribution in [2.75, 3.05) is 14.7 Å².